The van der Waals surface area contributed by atoms with Gasteiger partial charge in [-0.1, -0.05) is 35.9 Å². The number of carbonyl (C=O) groups excluding carboxylic acids is 2. The van der Waals surface area contributed by atoms with Crippen molar-refractivity contribution in [3.63, 3.8) is 0 Å². The van der Waals surface area contributed by atoms with Crippen LogP contribution in [0.3, 0.4) is 0 Å². The van der Waals surface area contributed by atoms with E-state index in [2.05, 4.69) is 37.4 Å². The molecule has 160 valence electrons. The van der Waals surface area contributed by atoms with E-state index in [9.17, 15) is 9.59 Å². The molecule has 2 heterocycles. The molecule has 31 heavy (non-hydrogen) atoms. The van der Waals surface area contributed by atoms with Crippen molar-refractivity contribution in [3.05, 3.63) is 81.0 Å². The number of hydrogen-bond donors (Lipinski definition) is 1. The van der Waals surface area contributed by atoms with E-state index in [1.165, 1.54) is 28.0 Å². The lowest BCUT2D eigenvalue weighted by Crippen LogP contribution is -2.49. The van der Waals surface area contributed by atoms with Crippen molar-refractivity contribution >= 4 is 34.6 Å². The second-order valence-electron chi connectivity index (χ2n) is 8.09. The van der Waals surface area contributed by atoms with Crippen LogP contribution < -0.4 is 10.2 Å². The van der Waals surface area contributed by atoms with Crippen LogP contribution in [0.15, 0.2) is 53.9 Å². The molecule has 3 amide bonds. The van der Waals surface area contributed by atoms with Crippen LogP contribution in [0.25, 0.3) is 0 Å². The van der Waals surface area contributed by atoms with E-state index in [1.54, 1.807) is 11.0 Å². The molecule has 1 fully saturated rings. The monoisotopic (exact) mass is 433 g/mol. The molecule has 1 saturated heterocycles. The topological polar surface area (TPSA) is 52.6 Å². The summed E-state index contributed by atoms with van der Waals surface area (Å²) in [5.74, 6) is -0.154. The molecule has 1 aromatic heterocycles. The number of hydrogen-bond acceptors (Lipinski definition) is 3. The summed E-state index contributed by atoms with van der Waals surface area (Å²) in [5.41, 5.74) is 5.99. The van der Waals surface area contributed by atoms with Crippen LogP contribution in [0.5, 0.6) is 0 Å². The van der Waals surface area contributed by atoms with E-state index in [0.717, 1.165) is 24.2 Å². The number of aryl methyl sites for hydroxylation is 3. The number of urea groups is 1. The Labute approximate surface area is 187 Å². The molecule has 0 radical (unpaired) electrons. The molecule has 1 aliphatic rings. The van der Waals surface area contributed by atoms with Gasteiger partial charge in [0.25, 0.3) is 5.91 Å². The third-order valence-electron chi connectivity index (χ3n) is 5.61. The van der Waals surface area contributed by atoms with Gasteiger partial charge in [0, 0.05) is 19.6 Å². The Kier molecular flexibility index (Phi) is 6.09. The van der Waals surface area contributed by atoms with E-state index in [4.69, 9.17) is 0 Å². The van der Waals surface area contributed by atoms with E-state index in [1.807, 2.05) is 41.5 Å². The summed E-state index contributed by atoms with van der Waals surface area (Å²) in [7, 11) is 0. The first-order valence-electron chi connectivity index (χ1n) is 10.5. The van der Waals surface area contributed by atoms with Gasteiger partial charge in [-0.25, -0.2) is 4.79 Å². The zero-order chi connectivity index (χ0) is 22.0. The van der Waals surface area contributed by atoms with Gasteiger partial charge in [0.1, 0.15) is 0 Å². The van der Waals surface area contributed by atoms with Crippen LogP contribution in [-0.2, 0) is 6.54 Å². The minimum Gasteiger partial charge on any atom is -0.320 e. The Morgan fingerprint density at radius 1 is 1.03 bits per heavy atom. The molecule has 6 heteroatoms. The van der Waals surface area contributed by atoms with Crippen molar-refractivity contribution in [3.8, 4) is 0 Å². The van der Waals surface area contributed by atoms with E-state index < -0.39 is 0 Å². The molecule has 0 aliphatic carbocycles. The van der Waals surface area contributed by atoms with Gasteiger partial charge in [-0.2, -0.15) is 0 Å². The fraction of sp³-hybridized carbons (Fsp3) is 0.280. The maximum Gasteiger partial charge on any atom is 0.324 e. The first kappa shape index (κ1) is 21.1. The number of nitrogens with one attached hydrogen (secondary N) is 1. The molecule has 5 nitrogen and oxygen atoms in total. The minimum atomic E-state index is -0.154. The fourth-order valence-corrected chi connectivity index (χ4v) is 4.52. The second kappa shape index (κ2) is 8.94. The summed E-state index contributed by atoms with van der Waals surface area (Å²) in [6, 6.07) is 15.8. The predicted octanol–water partition coefficient (Wildman–Crippen LogP) is 5.76. The third kappa shape index (κ3) is 4.64. The number of rotatable bonds is 5. The molecular weight excluding hydrogens is 406 g/mol. The molecular formula is C25H27N3O2S. The quantitative estimate of drug-likeness (QED) is 0.556. The standard InChI is InChI=1S/C25H27N3O2S/c1-17-7-9-19(3)20(14-17)16-27-11-5-12-28(25(27)30)22-10-8-18(2)15-21(22)26-24(29)23-6-4-13-31-23/h4,6-10,13-15H,5,11-12,16H2,1-3H3,(H,26,29). The highest BCUT2D eigenvalue weighted by Crippen LogP contribution is 2.31. The molecule has 0 bridgehead atoms. The average molecular weight is 434 g/mol. The van der Waals surface area contributed by atoms with Crippen LogP contribution >= 0.6 is 11.3 Å². The molecule has 3 aromatic rings. The van der Waals surface area contributed by atoms with Gasteiger partial charge in [-0.3, -0.25) is 9.69 Å². The molecule has 0 spiro atoms. The Morgan fingerprint density at radius 3 is 2.58 bits per heavy atom. The lowest BCUT2D eigenvalue weighted by atomic mass is 10.0. The Bertz CT molecular complexity index is 1110. The maximum atomic E-state index is 13.4. The lowest BCUT2D eigenvalue weighted by Gasteiger charge is -2.37. The Hall–Kier alpha value is -3.12. The minimum absolute atomic E-state index is 0.0253. The summed E-state index contributed by atoms with van der Waals surface area (Å²) >= 11 is 1.40. The predicted molar refractivity (Wildman–Crippen MR) is 127 cm³/mol. The molecule has 2 aromatic carbocycles. The van der Waals surface area contributed by atoms with Crippen LogP contribution in [-0.4, -0.2) is 29.9 Å². The van der Waals surface area contributed by atoms with Gasteiger partial charge < -0.3 is 10.2 Å². The number of anilines is 2. The number of amides is 3. The highest BCUT2D eigenvalue weighted by molar-refractivity contribution is 7.12. The Balaban J connectivity index is 1.59. The molecule has 1 aliphatic heterocycles. The summed E-state index contributed by atoms with van der Waals surface area (Å²) in [6.45, 7) is 8.08. The number of carbonyl (C=O) groups is 2. The normalized spacial score (nSPS) is 14.1. The van der Waals surface area contributed by atoms with Crippen molar-refractivity contribution in [1.82, 2.24) is 4.90 Å². The zero-order valence-corrected chi connectivity index (χ0v) is 19.0. The van der Waals surface area contributed by atoms with E-state index >= 15 is 0 Å². The molecule has 0 unspecified atom stereocenters. The zero-order valence-electron chi connectivity index (χ0n) is 18.1. The maximum absolute atomic E-state index is 13.4. The van der Waals surface area contributed by atoms with Gasteiger partial charge in [-0.05, 0) is 67.5 Å². The number of benzene rings is 2. The third-order valence-corrected chi connectivity index (χ3v) is 6.48. The van der Waals surface area contributed by atoms with Gasteiger partial charge >= 0.3 is 6.03 Å². The first-order chi connectivity index (χ1) is 14.9. The van der Waals surface area contributed by atoms with Crippen LogP contribution in [0.4, 0.5) is 16.2 Å². The van der Waals surface area contributed by atoms with Gasteiger partial charge in [0.2, 0.25) is 0 Å². The highest BCUT2D eigenvalue weighted by Gasteiger charge is 2.29. The molecule has 4 rings (SSSR count). The number of thiophene rings is 1. The second-order valence-corrected chi connectivity index (χ2v) is 9.04. The molecule has 0 atom stereocenters. The van der Waals surface area contributed by atoms with Crippen molar-refractivity contribution in [1.29, 1.82) is 0 Å². The van der Waals surface area contributed by atoms with Crippen molar-refractivity contribution in [2.45, 2.75) is 33.7 Å². The van der Waals surface area contributed by atoms with Crippen molar-refractivity contribution in [2.75, 3.05) is 23.3 Å². The largest absolute Gasteiger partial charge is 0.324 e. The van der Waals surface area contributed by atoms with E-state index in [-0.39, 0.29) is 11.9 Å². The summed E-state index contributed by atoms with van der Waals surface area (Å²) in [5, 5.41) is 4.89. The summed E-state index contributed by atoms with van der Waals surface area (Å²) in [6.07, 6.45) is 0.878. The van der Waals surface area contributed by atoms with Crippen LogP contribution in [0, 0.1) is 20.8 Å². The lowest BCUT2D eigenvalue weighted by molar-refractivity contribution is 0.103. The molecule has 1 N–H and O–H groups in total. The highest BCUT2D eigenvalue weighted by atomic mass is 32.1. The van der Waals surface area contributed by atoms with Crippen molar-refractivity contribution in [2.24, 2.45) is 0 Å². The van der Waals surface area contributed by atoms with Crippen LogP contribution in [0.2, 0.25) is 0 Å². The Morgan fingerprint density at radius 2 is 1.81 bits per heavy atom. The first-order valence-corrected chi connectivity index (χ1v) is 11.4. The SMILES string of the molecule is Cc1ccc(C)c(CN2CCCN(c3ccc(C)cc3NC(=O)c3cccs3)C2=O)c1. The molecule has 0 saturated carbocycles. The van der Waals surface area contributed by atoms with Crippen LogP contribution in [0.1, 0.15) is 38.3 Å². The van der Waals surface area contributed by atoms with Gasteiger partial charge in [0.05, 0.1) is 16.3 Å². The van der Waals surface area contributed by atoms with Gasteiger partial charge in [-0.15, -0.1) is 11.3 Å². The summed E-state index contributed by atoms with van der Waals surface area (Å²) < 4.78 is 0. The van der Waals surface area contributed by atoms with Gasteiger partial charge in [0.15, 0.2) is 0 Å². The smallest absolute Gasteiger partial charge is 0.320 e. The fourth-order valence-electron chi connectivity index (χ4n) is 3.91. The number of nitrogens with zero attached hydrogens (tertiary/aromatic N) is 2. The van der Waals surface area contributed by atoms with Crippen molar-refractivity contribution < 1.29 is 9.59 Å². The van der Waals surface area contributed by atoms with E-state index in [0.29, 0.717) is 23.7 Å². The average Bonchev–Trinajstić information content (AvgIpc) is 3.28. The summed E-state index contributed by atoms with van der Waals surface area (Å²) in [4.78, 5) is 30.4.